The van der Waals surface area contributed by atoms with Gasteiger partial charge in [0.15, 0.2) is 17.9 Å². The summed E-state index contributed by atoms with van der Waals surface area (Å²) in [6.07, 6.45) is 0.0689. The molecule has 2 aromatic carbocycles. The van der Waals surface area contributed by atoms with Gasteiger partial charge in [0.25, 0.3) is 0 Å². The lowest BCUT2D eigenvalue weighted by Crippen LogP contribution is -2.63. The lowest BCUT2D eigenvalue weighted by atomic mass is 9.89. The first-order chi connectivity index (χ1) is 44.4. The minimum absolute atomic E-state index is 0.00575. The highest BCUT2D eigenvalue weighted by atomic mass is 32.1. The highest BCUT2D eigenvalue weighted by Gasteiger charge is 2.47. The van der Waals surface area contributed by atoms with Crippen molar-refractivity contribution in [3.8, 4) is 0 Å². The number of amides is 9. The number of carboxylic acid groups (broad SMARTS) is 1. The molecule has 0 bridgehead atoms. The van der Waals surface area contributed by atoms with Crippen molar-refractivity contribution in [2.24, 2.45) is 55.1 Å². The number of aliphatic hydroxyl groups excluding tert-OH is 2. The molecule has 2 saturated heterocycles. The molecule has 0 spiro atoms. The summed E-state index contributed by atoms with van der Waals surface area (Å²) >= 11 is 1.26. The number of β-amino-alcohol motifs (C(OH)–C–C–N with tert-alkyl or cyclic N) is 1. The number of rotatable bonds is 30. The Morgan fingerprint density at radius 1 is 0.581 bits per heavy atom. The smallest absolute Gasteiger partial charge is 0.326 e. The van der Waals surface area contributed by atoms with Crippen LogP contribution in [0.2, 0.25) is 0 Å². The van der Waals surface area contributed by atoms with Gasteiger partial charge in [0.2, 0.25) is 53.2 Å². The molecule has 9 amide bonds. The van der Waals surface area contributed by atoms with Gasteiger partial charge in [-0.15, -0.1) is 11.3 Å². The largest absolute Gasteiger partial charge is 0.480 e. The van der Waals surface area contributed by atoms with Crippen LogP contribution in [0.15, 0.2) is 81.0 Å². The SMILES string of the molecule is NC(N)=NCCCC(NC(=O)C1Cc2ccccc2CN1C(=O)C1Cc2ccccc2CN1C(=O)[C@@H](CO)NC(=O)C(Cc1cccs1)NC(=O)CNC(=O)[C@H]1CC(O)CN1C(=O)[C@H]1CCCN1C(=O)[C@@H](CCCN=C(N)N)NC(=O)[C@H](N)CCCN=C(N)N)C(=O)O. The Balaban J connectivity index is 1.03. The molecule has 10 atom stereocenters. The normalized spacial score (nSPS) is 19.8. The number of aliphatic imine (C=N–C) groups is 3. The second kappa shape index (κ2) is 33.7. The van der Waals surface area contributed by atoms with Gasteiger partial charge in [0.1, 0.15) is 48.3 Å². The summed E-state index contributed by atoms with van der Waals surface area (Å²) in [5, 5.41) is 46.6. The zero-order valence-corrected chi connectivity index (χ0v) is 52.3. The Labute approximate surface area is 540 Å². The number of guanidine groups is 3. The van der Waals surface area contributed by atoms with Crippen molar-refractivity contribution >= 4 is 88.3 Å². The van der Waals surface area contributed by atoms with E-state index in [1.54, 1.807) is 66.0 Å². The number of aliphatic hydroxyl groups is 2. The maximum absolute atomic E-state index is 15.3. The maximum atomic E-state index is 15.3. The van der Waals surface area contributed by atoms with Gasteiger partial charge in [0.05, 0.1) is 25.3 Å². The summed E-state index contributed by atoms with van der Waals surface area (Å²) in [6.45, 7) is -1.66. The molecule has 0 aliphatic carbocycles. The highest BCUT2D eigenvalue weighted by Crippen LogP contribution is 2.31. The fourth-order valence-electron chi connectivity index (χ4n) is 11.9. The molecule has 32 nitrogen and oxygen atoms in total. The Kier molecular flexibility index (Phi) is 25.7. The number of benzene rings is 2. The molecule has 504 valence electrons. The number of likely N-dealkylation sites (tertiary alicyclic amines) is 2. The van der Waals surface area contributed by atoms with Crippen molar-refractivity contribution in [1.82, 2.24) is 46.2 Å². The number of carboxylic acids is 1. The number of nitrogens with two attached hydrogens (primary N) is 7. The molecular weight excluding hydrogens is 1230 g/mol. The van der Waals surface area contributed by atoms with Crippen molar-refractivity contribution in [3.05, 3.63) is 93.2 Å². The molecule has 0 saturated carbocycles. The third-order valence-electron chi connectivity index (χ3n) is 16.6. The van der Waals surface area contributed by atoms with Gasteiger partial charge in [-0.2, -0.15) is 0 Å². The number of nitrogens with zero attached hydrogens (tertiary/aromatic N) is 7. The second-order valence-electron chi connectivity index (χ2n) is 23.3. The number of nitrogens with one attached hydrogen (secondary N) is 5. The number of fused-ring (bicyclic) bond motifs is 2. The number of thiophene rings is 1. The van der Waals surface area contributed by atoms with Crippen LogP contribution in [0, 0.1) is 0 Å². The molecular formula is C60H85N19O13S. The van der Waals surface area contributed by atoms with Gasteiger partial charge in [-0.1, -0.05) is 54.6 Å². The minimum atomic E-state index is -1.70. The first-order valence-electron chi connectivity index (χ1n) is 30.7. The number of carbonyl (C=O) groups excluding carboxylic acids is 9. The van der Waals surface area contributed by atoms with Crippen LogP contribution in [0.5, 0.6) is 0 Å². The molecule has 22 N–H and O–H groups in total. The molecule has 2 fully saturated rings. The van der Waals surface area contributed by atoms with Crippen LogP contribution in [0.4, 0.5) is 0 Å². The summed E-state index contributed by atoms with van der Waals surface area (Å²) in [7, 11) is 0. The minimum Gasteiger partial charge on any atom is -0.480 e. The second-order valence-corrected chi connectivity index (χ2v) is 24.3. The molecule has 33 heteroatoms. The van der Waals surface area contributed by atoms with Crippen LogP contribution < -0.4 is 66.7 Å². The molecule has 93 heavy (non-hydrogen) atoms. The first-order valence-corrected chi connectivity index (χ1v) is 31.6. The number of hydrogen-bond donors (Lipinski definition) is 15. The summed E-state index contributed by atoms with van der Waals surface area (Å²) in [5.41, 5.74) is 41.7. The van der Waals surface area contributed by atoms with Gasteiger partial charge >= 0.3 is 5.97 Å². The molecule has 1 aromatic heterocycles. The van der Waals surface area contributed by atoms with Gasteiger partial charge in [-0.25, -0.2) is 4.79 Å². The predicted molar refractivity (Wildman–Crippen MR) is 341 cm³/mol. The zero-order chi connectivity index (χ0) is 67.5. The summed E-state index contributed by atoms with van der Waals surface area (Å²) < 4.78 is 0. The first kappa shape index (κ1) is 71.0. The molecule has 7 rings (SSSR count). The zero-order valence-electron chi connectivity index (χ0n) is 51.5. The third-order valence-corrected chi connectivity index (χ3v) is 17.5. The van der Waals surface area contributed by atoms with Crippen molar-refractivity contribution in [1.29, 1.82) is 0 Å². The van der Waals surface area contributed by atoms with Crippen LogP contribution in [0.3, 0.4) is 0 Å². The van der Waals surface area contributed by atoms with E-state index in [2.05, 4.69) is 41.6 Å². The molecule has 3 aromatic rings. The Morgan fingerprint density at radius 3 is 1.71 bits per heavy atom. The summed E-state index contributed by atoms with van der Waals surface area (Å²) in [6, 6.07) is 6.01. The topological polar surface area (TPSA) is 524 Å². The van der Waals surface area contributed by atoms with E-state index in [0.717, 1.165) is 10.5 Å². The molecule has 0 radical (unpaired) electrons. The van der Waals surface area contributed by atoms with E-state index in [0.29, 0.717) is 34.4 Å². The summed E-state index contributed by atoms with van der Waals surface area (Å²) in [5.74, 6) is -8.60. The fourth-order valence-corrected chi connectivity index (χ4v) is 12.6. The Bertz CT molecular complexity index is 3270. The van der Waals surface area contributed by atoms with E-state index in [4.69, 9.17) is 40.1 Å². The van der Waals surface area contributed by atoms with Gasteiger partial charge in [0, 0.05) is 76.4 Å². The molecule has 5 heterocycles. The van der Waals surface area contributed by atoms with E-state index >= 15 is 4.79 Å². The van der Waals surface area contributed by atoms with Gasteiger partial charge in [-0.3, -0.25) is 58.1 Å². The lowest BCUT2D eigenvalue weighted by Gasteiger charge is -2.43. The fraction of sp³-hybridized carbons (Fsp3) is 0.517. The average molecular weight is 1310 g/mol. The maximum Gasteiger partial charge on any atom is 0.326 e. The number of aliphatic carboxylic acids is 1. The van der Waals surface area contributed by atoms with E-state index in [-0.39, 0.29) is 128 Å². The van der Waals surface area contributed by atoms with Gasteiger partial charge < -0.3 is 102 Å². The monoisotopic (exact) mass is 1310 g/mol. The van der Waals surface area contributed by atoms with Crippen molar-refractivity contribution in [2.75, 3.05) is 45.9 Å². The van der Waals surface area contributed by atoms with Crippen molar-refractivity contribution in [2.45, 2.75) is 151 Å². The average Bonchev–Trinajstić information content (AvgIpc) is 1.79. The van der Waals surface area contributed by atoms with E-state index in [9.17, 15) is 58.5 Å². The molecule has 4 aliphatic heterocycles. The number of hydrogen-bond acceptors (Lipinski definition) is 17. The summed E-state index contributed by atoms with van der Waals surface area (Å²) in [4.78, 5) is 159. The van der Waals surface area contributed by atoms with E-state index in [1.807, 2.05) is 0 Å². The third kappa shape index (κ3) is 19.5. The van der Waals surface area contributed by atoms with Gasteiger partial charge in [-0.05, 0) is 85.1 Å². The molecule has 4 aliphatic rings. The van der Waals surface area contributed by atoms with Crippen LogP contribution >= 0.6 is 11.3 Å². The predicted octanol–water partition coefficient (Wildman–Crippen LogP) is -5.23. The van der Waals surface area contributed by atoms with Crippen molar-refractivity contribution in [3.63, 3.8) is 0 Å². The van der Waals surface area contributed by atoms with Crippen LogP contribution in [0.25, 0.3) is 0 Å². The van der Waals surface area contributed by atoms with E-state index < -0.39 is 133 Å². The van der Waals surface area contributed by atoms with Crippen LogP contribution in [0.1, 0.15) is 84.9 Å². The quantitative estimate of drug-likeness (QED) is 0.0168. The highest BCUT2D eigenvalue weighted by molar-refractivity contribution is 7.09. The standard InChI is InChI=1S/C60H85N19O13S/c61-39(15-5-19-68-58(62)63)49(83)73-40(16-6-20-69-59(64)65)53(87)76-22-8-18-44(76)55(89)79-31-37(81)26-46(79)51(85)71-28-48(82)72-42(27-38-14-9-23-93-38)50(84)75-43(32-80)54(88)78-30-36-13-4-2-11-34(36)25-47(78)56(90)77-29-35-12-3-1-10-33(35)24-45(77)52(86)74-41(57(91)92)17-7-21-70-60(66)67/h1-4,9-14,23,37,39-47,80-81H,5-8,15-22,24-32,61H2,(H,71,85)(H,72,82)(H,73,83)(H,74,86)(H,75,84)(H,91,92)(H4,62,63,68)(H4,64,65,69)(H4,66,67,70)/t37?,39-,40-,41?,42?,43-,44-,45?,46-,47?/m1/s1. The molecule has 5 unspecified atom stereocenters. The Morgan fingerprint density at radius 2 is 1.13 bits per heavy atom. The van der Waals surface area contributed by atoms with Crippen molar-refractivity contribution < 1.29 is 63.3 Å². The van der Waals surface area contributed by atoms with E-state index in [1.165, 1.54) is 26.0 Å². The van der Waals surface area contributed by atoms with Crippen LogP contribution in [-0.4, -0.2) is 218 Å². The lowest BCUT2D eigenvalue weighted by molar-refractivity contribution is -0.154. The Hall–Kier alpha value is -9.47. The number of carbonyl (C=O) groups is 10. The van der Waals surface area contributed by atoms with Crippen LogP contribution in [-0.2, 0) is 80.3 Å².